The molecule has 0 atom stereocenters. The Kier molecular flexibility index (Phi) is 5.68. The number of hydrogen-bond donors (Lipinski definition) is 0. The summed E-state index contributed by atoms with van der Waals surface area (Å²) in [5, 5.41) is 0.631. The van der Waals surface area contributed by atoms with Gasteiger partial charge in [0.1, 0.15) is 0 Å². The molecule has 0 N–H and O–H groups in total. The fraction of sp³-hybridized carbons (Fsp3) is 0.200. The van der Waals surface area contributed by atoms with Gasteiger partial charge in [-0.2, -0.15) is 4.99 Å². The van der Waals surface area contributed by atoms with Crippen molar-refractivity contribution in [2.24, 2.45) is 4.99 Å². The van der Waals surface area contributed by atoms with Crippen molar-refractivity contribution in [3.05, 3.63) is 63.9 Å². The summed E-state index contributed by atoms with van der Waals surface area (Å²) in [6.45, 7) is 6.33. The van der Waals surface area contributed by atoms with E-state index in [0.29, 0.717) is 33.4 Å². The van der Waals surface area contributed by atoms with E-state index < -0.39 is 5.91 Å². The van der Waals surface area contributed by atoms with Crippen LogP contribution in [-0.2, 0) is 6.54 Å². The maximum absolute atomic E-state index is 12.9. The Morgan fingerprint density at radius 2 is 2.07 bits per heavy atom. The number of carbonyl (C=O) groups is 1. The zero-order chi connectivity index (χ0) is 19.6. The van der Waals surface area contributed by atoms with Gasteiger partial charge in [0.25, 0.3) is 5.91 Å². The molecule has 0 fully saturated rings. The Bertz CT molecular complexity index is 1100. The Hall–Kier alpha value is -2.57. The molecule has 0 aliphatic heterocycles. The predicted molar refractivity (Wildman–Crippen MR) is 109 cm³/mol. The summed E-state index contributed by atoms with van der Waals surface area (Å²) in [6, 6.07) is 8.93. The maximum atomic E-state index is 12.9. The minimum absolute atomic E-state index is 0.335. The lowest BCUT2D eigenvalue weighted by Crippen LogP contribution is -2.17. The first kappa shape index (κ1) is 19.2. The topological polar surface area (TPSA) is 52.8 Å². The van der Waals surface area contributed by atoms with Gasteiger partial charge in [0.05, 0.1) is 35.0 Å². The minimum Gasteiger partial charge on any atom is -0.493 e. The first-order valence-corrected chi connectivity index (χ1v) is 9.40. The largest absolute Gasteiger partial charge is 0.493 e. The second-order valence-electron chi connectivity index (χ2n) is 5.78. The number of methoxy groups -OCH3 is 2. The van der Waals surface area contributed by atoms with Gasteiger partial charge in [0, 0.05) is 6.54 Å². The van der Waals surface area contributed by atoms with Gasteiger partial charge < -0.3 is 14.0 Å². The molecular formula is C20H19ClN2O3S. The van der Waals surface area contributed by atoms with Crippen LogP contribution >= 0.6 is 22.9 Å². The van der Waals surface area contributed by atoms with Crippen molar-refractivity contribution in [3.8, 4) is 11.5 Å². The molecule has 0 aliphatic rings. The molecule has 7 heteroatoms. The monoisotopic (exact) mass is 402 g/mol. The van der Waals surface area contributed by atoms with Gasteiger partial charge in [0.15, 0.2) is 16.3 Å². The molecule has 1 aromatic heterocycles. The summed E-state index contributed by atoms with van der Waals surface area (Å²) in [7, 11) is 3.02. The quantitative estimate of drug-likeness (QED) is 0.585. The van der Waals surface area contributed by atoms with Crippen LogP contribution < -0.4 is 14.3 Å². The highest BCUT2D eigenvalue weighted by Crippen LogP contribution is 2.32. The van der Waals surface area contributed by atoms with E-state index in [4.69, 9.17) is 21.1 Å². The van der Waals surface area contributed by atoms with Crippen molar-refractivity contribution in [1.29, 1.82) is 0 Å². The number of allylic oxidation sites excluding steroid dienone is 1. The summed E-state index contributed by atoms with van der Waals surface area (Å²) < 4.78 is 13.5. The van der Waals surface area contributed by atoms with Crippen LogP contribution in [-0.4, -0.2) is 24.7 Å². The van der Waals surface area contributed by atoms with Gasteiger partial charge in [0.2, 0.25) is 0 Å². The number of carbonyl (C=O) groups excluding carboxylic acids is 1. The third-order valence-corrected chi connectivity index (χ3v) is 5.66. The number of para-hydroxylation sites is 1. The standard InChI is InChI=1S/C20H19ClN2O3S/c1-5-11-23-16-12(2)9-10-14(21)18(16)27-20(23)22-19(24)13-7-6-8-15(25-3)17(13)26-4/h5-10H,1,11H2,2-4H3. The van der Waals surface area contributed by atoms with Crippen LogP contribution in [0.1, 0.15) is 15.9 Å². The molecule has 3 rings (SSSR count). The number of nitrogens with zero attached hydrogens (tertiary/aromatic N) is 2. The van der Waals surface area contributed by atoms with Crippen molar-refractivity contribution in [2.75, 3.05) is 14.2 Å². The zero-order valence-corrected chi connectivity index (χ0v) is 16.9. The lowest BCUT2D eigenvalue weighted by molar-refractivity contribution is 0.0994. The molecule has 0 radical (unpaired) electrons. The van der Waals surface area contributed by atoms with Crippen molar-refractivity contribution < 1.29 is 14.3 Å². The van der Waals surface area contributed by atoms with Gasteiger partial charge in [-0.3, -0.25) is 4.79 Å². The molecule has 3 aromatic rings. The van der Waals surface area contributed by atoms with Gasteiger partial charge in [-0.15, -0.1) is 6.58 Å². The molecule has 1 amide bonds. The lowest BCUT2D eigenvalue weighted by Gasteiger charge is -2.10. The van der Waals surface area contributed by atoms with Gasteiger partial charge in [-0.1, -0.05) is 41.1 Å². The van der Waals surface area contributed by atoms with Crippen LogP contribution in [0.25, 0.3) is 10.2 Å². The Labute approximate surface area is 166 Å². The Balaban J connectivity index is 2.24. The molecule has 0 unspecified atom stereocenters. The van der Waals surface area contributed by atoms with Crippen LogP contribution in [0.15, 0.2) is 48.0 Å². The molecule has 0 saturated heterocycles. The normalized spacial score (nSPS) is 11.6. The maximum Gasteiger partial charge on any atom is 0.283 e. The molecule has 0 spiro atoms. The second-order valence-corrected chi connectivity index (χ2v) is 7.17. The highest BCUT2D eigenvalue weighted by Gasteiger charge is 2.17. The SMILES string of the molecule is C=CCn1c(=NC(=O)c2cccc(OC)c2OC)sc2c(Cl)ccc(C)c21. The number of aryl methyl sites for hydroxylation is 1. The number of aromatic nitrogens is 1. The number of benzene rings is 2. The van der Waals surface area contributed by atoms with Gasteiger partial charge in [-0.25, -0.2) is 0 Å². The number of fused-ring (bicyclic) bond motifs is 1. The van der Waals surface area contributed by atoms with Gasteiger partial charge in [-0.05, 0) is 30.7 Å². The molecule has 0 aliphatic carbocycles. The Morgan fingerprint density at radius 1 is 1.30 bits per heavy atom. The molecule has 0 saturated carbocycles. The van der Waals surface area contributed by atoms with Crippen LogP contribution in [0.5, 0.6) is 11.5 Å². The van der Waals surface area contributed by atoms with Crippen LogP contribution in [0.2, 0.25) is 5.02 Å². The van der Waals surface area contributed by atoms with Crippen LogP contribution in [0, 0.1) is 6.92 Å². The van der Waals surface area contributed by atoms with E-state index in [0.717, 1.165) is 15.8 Å². The second kappa shape index (κ2) is 7.98. The third kappa shape index (κ3) is 3.50. The van der Waals surface area contributed by atoms with Gasteiger partial charge >= 0.3 is 0 Å². The molecule has 0 bridgehead atoms. The Morgan fingerprint density at radius 3 is 2.74 bits per heavy atom. The molecule has 1 heterocycles. The number of ether oxygens (including phenoxy) is 2. The number of thiazole rings is 1. The van der Waals surface area contributed by atoms with E-state index in [1.807, 2.05) is 23.6 Å². The van der Waals surface area contributed by atoms with Crippen LogP contribution in [0.3, 0.4) is 0 Å². The molecule has 2 aromatic carbocycles. The van der Waals surface area contributed by atoms with E-state index in [1.165, 1.54) is 25.6 Å². The average molecular weight is 403 g/mol. The summed E-state index contributed by atoms with van der Waals surface area (Å²) in [6.07, 6.45) is 1.77. The third-order valence-electron chi connectivity index (χ3n) is 4.12. The van der Waals surface area contributed by atoms with E-state index >= 15 is 0 Å². The van der Waals surface area contributed by atoms with E-state index in [9.17, 15) is 4.79 Å². The predicted octanol–water partition coefficient (Wildman–Crippen LogP) is 4.61. The zero-order valence-electron chi connectivity index (χ0n) is 15.3. The smallest absolute Gasteiger partial charge is 0.283 e. The van der Waals surface area contributed by atoms with Crippen molar-refractivity contribution in [2.45, 2.75) is 13.5 Å². The fourth-order valence-electron chi connectivity index (χ4n) is 2.90. The highest BCUT2D eigenvalue weighted by molar-refractivity contribution is 7.17. The number of halogens is 1. The summed E-state index contributed by atoms with van der Waals surface area (Å²) in [5.41, 5.74) is 2.35. The summed E-state index contributed by atoms with van der Waals surface area (Å²) in [5.74, 6) is 0.427. The minimum atomic E-state index is -0.413. The summed E-state index contributed by atoms with van der Waals surface area (Å²) in [4.78, 5) is 17.8. The average Bonchev–Trinajstić information content (AvgIpc) is 3.03. The van der Waals surface area contributed by atoms with Crippen molar-refractivity contribution in [1.82, 2.24) is 4.57 Å². The highest BCUT2D eigenvalue weighted by atomic mass is 35.5. The van der Waals surface area contributed by atoms with Crippen LogP contribution in [0.4, 0.5) is 0 Å². The molecule has 140 valence electrons. The number of hydrogen-bond acceptors (Lipinski definition) is 4. The molecule has 27 heavy (non-hydrogen) atoms. The van der Waals surface area contributed by atoms with E-state index in [-0.39, 0.29) is 0 Å². The summed E-state index contributed by atoms with van der Waals surface area (Å²) >= 11 is 7.74. The van der Waals surface area contributed by atoms with E-state index in [2.05, 4.69) is 11.6 Å². The van der Waals surface area contributed by atoms with E-state index in [1.54, 1.807) is 24.3 Å². The first-order chi connectivity index (χ1) is 13.0. The van der Waals surface area contributed by atoms with Crippen molar-refractivity contribution >= 4 is 39.1 Å². The molecular weight excluding hydrogens is 384 g/mol. The lowest BCUT2D eigenvalue weighted by atomic mass is 10.2. The molecule has 5 nitrogen and oxygen atoms in total. The first-order valence-electron chi connectivity index (χ1n) is 8.21. The fourth-order valence-corrected chi connectivity index (χ4v) is 4.29. The van der Waals surface area contributed by atoms with Crippen molar-refractivity contribution in [3.63, 3.8) is 0 Å². The number of rotatable bonds is 5. The number of amides is 1.